The van der Waals surface area contributed by atoms with Crippen molar-refractivity contribution in [3.63, 3.8) is 0 Å². The monoisotopic (exact) mass is 470 g/mol. The third kappa shape index (κ3) is 4.64. The molecule has 2 aliphatic rings. The summed E-state index contributed by atoms with van der Waals surface area (Å²) in [6.45, 7) is 0.603. The molecule has 0 bridgehead atoms. The Morgan fingerprint density at radius 2 is 1.44 bits per heavy atom. The van der Waals surface area contributed by atoms with E-state index in [1.165, 1.54) is 22.3 Å². The van der Waals surface area contributed by atoms with Crippen molar-refractivity contribution in [2.24, 2.45) is 0 Å². The number of hydrogen-bond donors (Lipinski definition) is 1. The minimum absolute atomic E-state index is 0.0953. The van der Waals surface area contributed by atoms with Gasteiger partial charge in [-0.25, -0.2) is 0 Å². The van der Waals surface area contributed by atoms with E-state index in [2.05, 4.69) is 53.8 Å². The van der Waals surface area contributed by atoms with Crippen LogP contribution in [0.3, 0.4) is 0 Å². The van der Waals surface area contributed by atoms with Crippen molar-refractivity contribution in [3.05, 3.63) is 106 Å². The summed E-state index contributed by atoms with van der Waals surface area (Å²) in [6, 6.07) is 24.9. The molecule has 1 saturated heterocycles. The molecule has 3 aromatic carbocycles. The van der Waals surface area contributed by atoms with Gasteiger partial charge in [0.25, 0.3) is 5.24 Å². The fourth-order valence-electron chi connectivity index (χ4n) is 4.94. The summed E-state index contributed by atoms with van der Waals surface area (Å²) in [4.78, 5) is 37.5. The highest BCUT2D eigenvalue weighted by molar-refractivity contribution is 8.15. The number of nitrogens with zero attached hydrogens (tertiary/aromatic N) is 1. The Morgan fingerprint density at radius 1 is 0.853 bits per heavy atom. The van der Waals surface area contributed by atoms with Crippen LogP contribution in [-0.4, -0.2) is 34.3 Å². The molecule has 6 heteroatoms. The van der Waals surface area contributed by atoms with Crippen molar-refractivity contribution in [2.75, 3.05) is 6.54 Å². The zero-order chi connectivity index (χ0) is 23.5. The Kier molecular flexibility index (Phi) is 6.50. The second kappa shape index (κ2) is 9.85. The van der Waals surface area contributed by atoms with Crippen molar-refractivity contribution in [1.82, 2.24) is 10.2 Å². The highest BCUT2D eigenvalue weighted by atomic mass is 32.2. The van der Waals surface area contributed by atoms with E-state index in [1.807, 2.05) is 29.2 Å². The molecule has 5 rings (SSSR count). The SMILES string of the molecule is O=CN(CCc1ccc(C[C@H]2SC(=O)NC2=O)cc1)C1c2ccccc2CCc2ccccc21. The summed E-state index contributed by atoms with van der Waals surface area (Å²) < 4.78 is 0. The Hall–Kier alpha value is -3.38. The molecule has 172 valence electrons. The Labute approximate surface area is 203 Å². The second-order valence-corrected chi connectivity index (χ2v) is 9.97. The van der Waals surface area contributed by atoms with Gasteiger partial charge in [0, 0.05) is 6.54 Å². The zero-order valence-corrected chi connectivity index (χ0v) is 19.6. The van der Waals surface area contributed by atoms with Crippen molar-refractivity contribution in [2.45, 2.75) is 37.0 Å². The number of hydrogen-bond acceptors (Lipinski definition) is 4. The number of benzene rings is 3. The molecule has 34 heavy (non-hydrogen) atoms. The zero-order valence-electron chi connectivity index (χ0n) is 18.8. The number of rotatable bonds is 7. The first-order valence-corrected chi connectivity index (χ1v) is 12.5. The maximum absolute atomic E-state index is 12.3. The minimum Gasteiger partial charge on any atom is -0.334 e. The molecule has 3 aromatic rings. The van der Waals surface area contributed by atoms with Gasteiger partial charge < -0.3 is 4.90 Å². The molecule has 1 fully saturated rings. The molecule has 1 aliphatic heterocycles. The van der Waals surface area contributed by atoms with Crippen LogP contribution in [0.4, 0.5) is 4.79 Å². The summed E-state index contributed by atoms with van der Waals surface area (Å²) in [5.74, 6) is -0.218. The molecule has 0 aromatic heterocycles. The number of imide groups is 1. The van der Waals surface area contributed by atoms with Gasteiger partial charge in [0.15, 0.2) is 0 Å². The Bertz CT molecular complexity index is 1180. The fraction of sp³-hybridized carbons (Fsp3) is 0.250. The number of amides is 3. The highest BCUT2D eigenvalue weighted by Crippen LogP contribution is 2.36. The smallest absolute Gasteiger partial charge is 0.286 e. The van der Waals surface area contributed by atoms with E-state index in [0.29, 0.717) is 13.0 Å². The van der Waals surface area contributed by atoms with Crippen molar-refractivity contribution in [3.8, 4) is 0 Å². The van der Waals surface area contributed by atoms with Crippen LogP contribution in [-0.2, 0) is 35.3 Å². The van der Waals surface area contributed by atoms with Crippen LogP contribution in [0.25, 0.3) is 0 Å². The number of fused-ring (bicyclic) bond motifs is 2. The molecule has 3 amide bonds. The number of nitrogens with one attached hydrogen (secondary N) is 1. The van der Waals surface area contributed by atoms with Gasteiger partial charge in [0.2, 0.25) is 12.3 Å². The second-order valence-electron chi connectivity index (χ2n) is 8.80. The van der Waals surface area contributed by atoms with Crippen molar-refractivity contribution in [1.29, 1.82) is 0 Å². The average molecular weight is 471 g/mol. The van der Waals surface area contributed by atoms with Crippen molar-refractivity contribution >= 4 is 29.3 Å². The summed E-state index contributed by atoms with van der Waals surface area (Å²) >= 11 is 1.05. The first-order valence-electron chi connectivity index (χ1n) is 11.6. The number of carbonyl (C=O) groups is 3. The third-order valence-corrected chi connectivity index (χ3v) is 7.68. The quantitative estimate of drug-likeness (QED) is 0.518. The number of aryl methyl sites for hydroxylation is 2. The van der Waals surface area contributed by atoms with E-state index >= 15 is 0 Å². The van der Waals surface area contributed by atoms with Gasteiger partial charge in [-0.3, -0.25) is 19.7 Å². The predicted octanol–water partition coefficient (Wildman–Crippen LogP) is 4.47. The first kappa shape index (κ1) is 22.4. The standard InChI is InChI=1S/C28H26N2O3S/c31-18-30(16-15-19-9-11-20(12-10-19)17-25-27(32)29-28(33)34-25)26-23-7-3-1-5-21(23)13-14-22-6-2-4-8-24(22)26/h1-12,18,25-26H,13-17H2,(H,29,32,33)/t25-/m1/s1. The van der Waals surface area contributed by atoms with E-state index in [1.54, 1.807) is 0 Å². The van der Waals surface area contributed by atoms with Gasteiger partial charge in [-0.2, -0.15) is 0 Å². The van der Waals surface area contributed by atoms with E-state index in [9.17, 15) is 14.4 Å². The molecule has 1 heterocycles. The molecular weight excluding hydrogens is 444 g/mol. The van der Waals surface area contributed by atoms with E-state index in [0.717, 1.165) is 48.6 Å². The van der Waals surface area contributed by atoms with Gasteiger partial charge in [-0.15, -0.1) is 0 Å². The van der Waals surface area contributed by atoms with E-state index < -0.39 is 0 Å². The molecular formula is C28H26N2O3S. The lowest BCUT2D eigenvalue weighted by Crippen LogP contribution is -2.31. The van der Waals surface area contributed by atoms with Crippen LogP contribution in [0, 0.1) is 0 Å². The van der Waals surface area contributed by atoms with Gasteiger partial charge >= 0.3 is 0 Å². The molecule has 0 radical (unpaired) electrons. The first-order chi connectivity index (χ1) is 16.6. The maximum Gasteiger partial charge on any atom is 0.286 e. The van der Waals surface area contributed by atoms with Crippen LogP contribution in [0.1, 0.15) is 39.4 Å². The molecule has 0 spiro atoms. The number of thioether (sulfide) groups is 1. The molecule has 1 aliphatic carbocycles. The summed E-state index contributed by atoms with van der Waals surface area (Å²) in [6.07, 6.45) is 4.18. The van der Waals surface area contributed by atoms with Crippen LogP contribution < -0.4 is 5.32 Å². The van der Waals surface area contributed by atoms with Crippen LogP contribution in [0.5, 0.6) is 0 Å². The predicted molar refractivity (Wildman–Crippen MR) is 134 cm³/mol. The van der Waals surface area contributed by atoms with Crippen molar-refractivity contribution < 1.29 is 14.4 Å². The largest absolute Gasteiger partial charge is 0.334 e. The normalized spacial score (nSPS) is 17.5. The summed E-state index contributed by atoms with van der Waals surface area (Å²) in [7, 11) is 0. The molecule has 0 saturated carbocycles. The minimum atomic E-state index is -0.362. The summed E-state index contributed by atoms with van der Waals surface area (Å²) in [5, 5.41) is 1.70. The molecule has 0 unspecified atom stereocenters. The topological polar surface area (TPSA) is 66.5 Å². The average Bonchev–Trinajstić information content (AvgIpc) is 3.08. The lowest BCUT2D eigenvalue weighted by Gasteiger charge is -2.30. The van der Waals surface area contributed by atoms with Gasteiger partial charge in [-0.1, -0.05) is 84.6 Å². The lowest BCUT2D eigenvalue weighted by atomic mass is 9.93. The fourth-order valence-corrected chi connectivity index (χ4v) is 5.80. The lowest BCUT2D eigenvalue weighted by molar-refractivity contribution is -0.120. The Balaban J connectivity index is 1.32. The Morgan fingerprint density at radius 3 is 2.00 bits per heavy atom. The van der Waals surface area contributed by atoms with Gasteiger partial charge in [0.1, 0.15) is 0 Å². The van der Waals surface area contributed by atoms with E-state index in [4.69, 9.17) is 0 Å². The maximum atomic E-state index is 12.3. The molecule has 5 nitrogen and oxygen atoms in total. The molecule has 1 N–H and O–H groups in total. The van der Waals surface area contributed by atoms with Gasteiger partial charge in [-0.05, 0) is 59.1 Å². The van der Waals surface area contributed by atoms with Gasteiger partial charge in [0.05, 0.1) is 11.3 Å². The summed E-state index contributed by atoms with van der Waals surface area (Å²) in [5.41, 5.74) is 7.16. The van der Waals surface area contributed by atoms with Crippen LogP contribution in [0.2, 0.25) is 0 Å². The third-order valence-electron chi connectivity index (χ3n) is 6.70. The van der Waals surface area contributed by atoms with E-state index in [-0.39, 0.29) is 22.4 Å². The highest BCUT2D eigenvalue weighted by Gasteiger charge is 2.31. The van der Waals surface area contributed by atoms with Crippen LogP contribution >= 0.6 is 11.8 Å². The van der Waals surface area contributed by atoms with Crippen LogP contribution in [0.15, 0.2) is 72.8 Å². The molecule has 1 atom stereocenters. The number of carbonyl (C=O) groups excluding carboxylic acids is 3.